The molecule has 2 fully saturated rings. The topological polar surface area (TPSA) is 79.3 Å². The maximum Gasteiger partial charge on any atom is 0.295 e. The second kappa shape index (κ2) is 9.60. The predicted molar refractivity (Wildman–Crippen MR) is 128 cm³/mol. The molecule has 178 valence electrons. The number of carbonyl (C=O) groups excluding carboxylic acids is 2. The molecule has 0 bridgehead atoms. The molecule has 0 radical (unpaired) electrons. The molecule has 5 rings (SSSR count). The van der Waals surface area contributed by atoms with Gasteiger partial charge >= 0.3 is 0 Å². The molecular weight excluding hydrogens is 432 g/mol. The number of aliphatic hydroxyl groups is 1. The predicted octanol–water partition coefficient (Wildman–Crippen LogP) is 3.15. The van der Waals surface area contributed by atoms with Crippen molar-refractivity contribution in [2.45, 2.75) is 31.9 Å². The van der Waals surface area contributed by atoms with Crippen LogP contribution in [0, 0.1) is 0 Å². The normalized spacial score (nSPS) is 24.3. The SMILES string of the molecule is CC1Cc2cc(C(O)=C3C(=O)C(=O)N(CCCN4CCOCC4)C3c3ccccc3)ccc2O1. The summed E-state index contributed by atoms with van der Waals surface area (Å²) in [6.45, 7) is 6.46. The Morgan fingerprint density at radius 1 is 1.06 bits per heavy atom. The van der Waals surface area contributed by atoms with Gasteiger partial charge in [-0.05, 0) is 42.7 Å². The fourth-order valence-corrected chi connectivity index (χ4v) is 5.11. The lowest BCUT2D eigenvalue weighted by molar-refractivity contribution is -0.140. The third-order valence-corrected chi connectivity index (χ3v) is 6.80. The summed E-state index contributed by atoms with van der Waals surface area (Å²) in [7, 11) is 0. The fourth-order valence-electron chi connectivity index (χ4n) is 5.11. The van der Waals surface area contributed by atoms with Crippen LogP contribution in [-0.2, 0) is 20.7 Å². The molecule has 0 aliphatic carbocycles. The van der Waals surface area contributed by atoms with E-state index < -0.39 is 17.7 Å². The van der Waals surface area contributed by atoms with Gasteiger partial charge in [0.2, 0.25) is 0 Å². The Kier molecular flexibility index (Phi) is 6.39. The Morgan fingerprint density at radius 3 is 2.59 bits per heavy atom. The van der Waals surface area contributed by atoms with Crippen LogP contribution >= 0.6 is 0 Å². The number of hydrogen-bond donors (Lipinski definition) is 1. The first-order valence-corrected chi connectivity index (χ1v) is 12.0. The van der Waals surface area contributed by atoms with E-state index in [-0.39, 0.29) is 17.4 Å². The number of amides is 1. The second-order valence-electron chi connectivity index (χ2n) is 9.17. The number of likely N-dealkylation sites (tertiary alicyclic amines) is 1. The molecule has 2 saturated heterocycles. The van der Waals surface area contributed by atoms with Gasteiger partial charge in [0.15, 0.2) is 0 Å². The van der Waals surface area contributed by atoms with Crippen LogP contribution in [0.4, 0.5) is 0 Å². The molecule has 1 amide bonds. The smallest absolute Gasteiger partial charge is 0.295 e. The lowest BCUT2D eigenvalue weighted by Crippen LogP contribution is -2.38. The van der Waals surface area contributed by atoms with Crippen LogP contribution in [0.2, 0.25) is 0 Å². The molecule has 2 atom stereocenters. The van der Waals surface area contributed by atoms with E-state index in [0.717, 1.165) is 62.6 Å². The first-order valence-electron chi connectivity index (χ1n) is 12.0. The summed E-state index contributed by atoms with van der Waals surface area (Å²) in [5.74, 6) is -0.532. The fraction of sp³-hybridized carbons (Fsp3) is 0.407. The van der Waals surface area contributed by atoms with Gasteiger partial charge in [0.25, 0.3) is 11.7 Å². The zero-order valence-corrected chi connectivity index (χ0v) is 19.4. The number of ether oxygens (including phenoxy) is 2. The zero-order valence-electron chi connectivity index (χ0n) is 19.4. The van der Waals surface area contributed by atoms with E-state index in [4.69, 9.17) is 9.47 Å². The van der Waals surface area contributed by atoms with E-state index in [1.807, 2.05) is 49.4 Å². The summed E-state index contributed by atoms with van der Waals surface area (Å²) >= 11 is 0. The standard InChI is InChI=1S/C27H30N2O5/c1-18-16-21-17-20(8-9-22(21)34-18)25(30)23-24(19-6-3-2-4-7-19)29(27(32)26(23)31)11-5-10-28-12-14-33-15-13-28/h2-4,6-9,17-18,24,30H,5,10-16H2,1H3. The van der Waals surface area contributed by atoms with Crippen LogP contribution in [0.3, 0.4) is 0 Å². The maximum absolute atomic E-state index is 13.2. The van der Waals surface area contributed by atoms with Gasteiger partial charge in [-0.25, -0.2) is 0 Å². The second-order valence-corrected chi connectivity index (χ2v) is 9.17. The maximum atomic E-state index is 13.2. The van der Waals surface area contributed by atoms with Gasteiger partial charge in [0, 0.05) is 38.2 Å². The van der Waals surface area contributed by atoms with E-state index in [2.05, 4.69) is 4.90 Å². The van der Waals surface area contributed by atoms with Crippen molar-refractivity contribution in [3.63, 3.8) is 0 Å². The number of benzene rings is 2. The quantitative estimate of drug-likeness (QED) is 0.404. The Morgan fingerprint density at radius 2 is 1.82 bits per heavy atom. The van der Waals surface area contributed by atoms with Crippen LogP contribution in [0.5, 0.6) is 5.75 Å². The Labute approximate surface area is 199 Å². The number of hydrogen-bond acceptors (Lipinski definition) is 6. The molecule has 2 aromatic rings. The minimum atomic E-state index is -0.636. The van der Waals surface area contributed by atoms with Crippen LogP contribution in [0.1, 0.15) is 36.1 Å². The molecule has 1 N–H and O–H groups in total. The summed E-state index contributed by atoms with van der Waals surface area (Å²) in [5.41, 5.74) is 2.48. The van der Waals surface area contributed by atoms with Crippen molar-refractivity contribution in [3.8, 4) is 5.75 Å². The summed E-state index contributed by atoms with van der Waals surface area (Å²) in [6.07, 6.45) is 1.56. The van der Waals surface area contributed by atoms with Crippen molar-refractivity contribution in [2.75, 3.05) is 39.4 Å². The summed E-state index contributed by atoms with van der Waals surface area (Å²) in [5, 5.41) is 11.3. The van der Waals surface area contributed by atoms with Gasteiger partial charge < -0.3 is 19.5 Å². The minimum Gasteiger partial charge on any atom is -0.507 e. The van der Waals surface area contributed by atoms with Crippen molar-refractivity contribution in [3.05, 3.63) is 70.8 Å². The largest absolute Gasteiger partial charge is 0.507 e. The molecule has 34 heavy (non-hydrogen) atoms. The lowest BCUT2D eigenvalue weighted by atomic mass is 9.94. The molecule has 0 spiro atoms. The van der Waals surface area contributed by atoms with Crippen LogP contribution < -0.4 is 4.74 Å². The summed E-state index contributed by atoms with van der Waals surface area (Å²) < 4.78 is 11.2. The van der Waals surface area contributed by atoms with Gasteiger partial charge in [-0.1, -0.05) is 30.3 Å². The lowest BCUT2D eigenvalue weighted by Gasteiger charge is -2.29. The molecule has 2 aromatic carbocycles. The monoisotopic (exact) mass is 462 g/mol. The number of rotatable bonds is 6. The number of carbonyl (C=O) groups is 2. The van der Waals surface area contributed by atoms with Crippen LogP contribution in [0.15, 0.2) is 54.1 Å². The Bertz CT molecular complexity index is 1110. The highest BCUT2D eigenvalue weighted by Gasteiger charge is 2.45. The van der Waals surface area contributed by atoms with E-state index in [0.29, 0.717) is 12.1 Å². The molecule has 3 aliphatic heterocycles. The highest BCUT2D eigenvalue weighted by molar-refractivity contribution is 6.46. The summed E-state index contributed by atoms with van der Waals surface area (Å²) in [4.78, 5) is 30.3. The van der Waals surface area contributed by atoms with Crippen LogP contribution in [0.25, 0.3) is 5.76 Å². The Hall–Kier alpha value is -3.16. The third kappa shape index (κ3) is 4.33. The van der Waals surface area contributed by atoms with Crippen molar-refractivity contribution >= 4 is 17.4 Å². The number of aliphatic hydroxyl groups excluding tert-OH is 1. The van der Waals surface area contributed by atoms with E-state index >= 15 is 0 Å². The highest BCUT2D eigenvalue weighted by atomic mass is 16.5. The first kappa shape index (κ1) is 22.6. The van der Waals surface area contributed by atoms with Crippen molar-refractivity contribution < 1.29 is 24.2 Å². The van der Waals surface area contributed by atoms with E-state index in [1.165, 1.54) is 0 Å². The molecule has 3 heterocycles. The molecule has 2 unspecified atom stereocenters. The average molecular weight is 463 g/mol. The molecular formula is C27H30N2O5. The van der Waals surface area contributed by atoms with Crippen molar-refractivity contribution in [1.82, 2.24) is 9.80 Å². The van der Waals surface area contributed by atoms with Gasteiger partial charge in [-0.3, -0.25) is 14.5 Å². The molecule has 3 aliphatic rings. The molecule has 0 saturated carbocycles. The van der Waals surface area contributed by atoms with Gasteiger partial charge in [0.1, 0.15) is 17.6 Å². The average Bonchev–Trinajstić information content (AvgIpc) is 3.35. The molecule has 7 nitrogen and oxygen atoms in total. The van der Waals surface area contributed by atoms with Gasteiger partial charge in [-0.15, -0.1) is 0 Å². The van der Waals surface area contributed by atoms with Crippen molar-refractivity contribution in [2.24, 2.45) is 0 Å². The molecule has 0 aromatic heterocycles. The zero-order chi connectivity index (χ0) is 23.7. The minimum absolute atomic E-state index is 0.0776. The number of fused-ring (bicyclic) bond motifs is 1. The Balaban J connectivity index is 1.46. The van der Waals surface area contributed by atoms with Crippen LogP contribution in [-0.4, -0.2) is 72.1 Å². The number of morpholine rings is 1. The van der Waals surface area contributed by atoms with E-state index in [9.17, 15) is 14.7 Å². The number of Topliss-reactive ketones (excluding diaryl/α,β-unsaturated/α-hetero) is 1. The number of ketones is 1. The van der Waals surface area contributed by atoms with Crippen molar-refractivity contribution in [1.29, 1.82) is 0 Å². The van der Waals surface area contributed by atoms with E-state index in [1.54, 1.807) is 11.0 Å². The third-order valence-electron chi connectivity index (χ3n) is 6.80. The highest BCUT2D eigenvalue weighted by Crippen LogP contribution is 2.40. The van der Waals surface area contributed by atoms with Gasteiger partial charge in [-0.2, -0.15) is 0 Å². The number of nitrogens with zero attached hydrogens (tertiary/aromatic N) is 2. The molecule has 7 heteroatoms. The summed E-state index contributed by atoms with van der Waals surface area (Å²) in [6, 6.07) is 14.3. The van der Waals surface area contributed by atoms with Gasteiger partial charge in [0.05, 0.1) is 24.8 Å². The first-order chi connectivity index (χ1) is 16.5.